The molecule has 21 heavy (non-hydrogen) atoms. The standard InChI is InChI=1S/C15H12N4O2/c16-14(19-20)13-15(18-9-8-17-13)21-12-7-3-5-10-4-1-2-6-11(10)12/h1-9,20H,(H2,16,19). The number of hydrogen-bond acceptors (Lipinski definition) is 5. The van der Waals surface area contributed by atoms with Crippen molar-refractivity contribution < 1.29 is 9.94 Å². The van der Waals surface area contributed by atoms with Gasteiger partial charge in [0, 0.05) is 17.8 Å². The van der Waals surface area contributed by atoms with E-state index in [0.717, 1.165) is 10.8 Å². The molecule has 0 saturated heterocycles. The van der Waals surface area contributed by atoms with Crippen LogP contribution >= 0.6 is 0 Å². The molecule has 0 amide bonds. The summed E-state index contributed by atoms with van der Waals surface area (Å²) in [6.07, 6.45) is 2.93. The third-order valence-electron chi connectivity index (χ3n) is 2.97. The van der Waals surface area contributed by atoms with Crippen LogP contribution in [0.3, 0.4) is 0 Å². The second-order valence-corrected chi connectivity index (χ2v) is 4.27. The predicted octanol–water partition coefficient (Wildman–Crippen LogP) is 2.52. The molecule has 3 aromatic rings. The summed E-state index contributed by atoms with van der Waals surface area (Å²) in [4.78, 5) is 8.12. The van der Waals surface area contributed by atoms with Crippen molar-refractivity contribution in [3.05, 3.63) is 60.6 Å². The van der Waals surface area contributed by atoms with Crippen LogP contribution in [0.5, 0.6) is 11.6 Å². The lowest BCUT2D eigenvalue weighted by atomic mass is 10.1. The highest BCUT2D eigenvalue weighted by Crippen LogP contribution is 2.29. The van der Waals surface area contributed by atoms with Crippen LogP contribution in [-0.4, -0.2) is 21.0 Å². The molecule has 1 aromatic heterocycles. The van der Waals surface area contributed by atoms with Gasteiger partial charge in [0.05, 0.1) is 0 Å². The number of nitrogens with zero attached hydrogens (tertiary/aromatic N) is 3. The Morgan fingerprint density at radius 3 is 2.67 bits per heavy atom. The van der Waals surface area contributed by atoms with Crippen LogP contribution in [0.1, 0.15) is 5.69 Å². The van der Waals surface area contributed by atoms with Gasteiger partial charge in [0.2, 0.25) is 5.88 Å². The maximum atomic E-state index is 8.79. The summed E-state index contributed by atoms with van der Waals surface area (Å²) in [5.74, 6) is 0.656. The van der Waals surface area contributed by atoms with Crippen LogP contribution in [-0.2, 0) is 0 Å². The van der Waals surface area contributed by atoms with Gasteiger partial charge in [0.25, 0.3) is 0 Å². The molecule has 0 fully saturated rings. The van der Waals surface area contributed by atoms with E-state index in [-0.39, 0.29) is 17.4 Å². The molecule has 104 valence electrons. The summed E-state index contributed by atoms with van der Waals surface area (Å²) in [5.41, 5.74) is 5.77. The van der Waals surface area contributed by atoms with Crippen molar-refractivity contribution in [3.63, 3.8) is 0 Å². The minimum absolute atomic E-state index is 0.154. The molecular formula is C15H12N4O2. The van der Waals surface area contributed by atoms with Crippen LogP contribution in [0.25, 0.3) is 10.8 Å². The van der Waals surface area contributed by atoms with E-state index in [1.54, 1.807) is 0 Å². The molecule has 0 saturated carbocycles. The minimum Gasteiger partial charge on any atom is -0.436 e. The van der Waals surface area contributed by atoms with Crippen molar-refractivity contribution in [2.75, 3.05) is 0 Å². The number of rotatable bonds is 3. The van der Waals surface area contributed by atoms with Gasteiger partial charge in [-0.1, -0.05) is 41.6 Å². The van der Waals surface area contributed by atoms with Crippen LogP contribution in [0.2, 0.25) is 0 Å². The molecule has 0 radical (unpaired) electrons. The topological polar surface area (TPSA) is 93.6 Å². The van der Waals surface area contributed by atoms with E-state index >= 15 is 0 Å². The number of oxime groups is 1. The SMILES string of the molecule is NC(=NO)c1nccnc1Oc1cccc2ccccc12. The summed E-state index contributed by atoms with van der Waals surface area (Å²) in [7, 11) is 0. The first-order valence-electron chi connectivity index (χ1n) is 6.24. The van der Waals surface area contributed by atoms with Crippen molar-refractivity contribution in [1.82, 2.24) is 9.97 Å². The average molecular weight is 280 g/mol. The molecule has 3 rings (SSSR count). The zero-order valence-electron chi connectivity index (χ0n) is 11.0. The Balaban J connectivity index is 2.08. The van der Waals surface area contributed by atoms with Crippen molar-refractivity contribution in [2.24, 2.45) is 10.9 Å². The number of nitrogens with two attached hydrogens (primary N) is 1. The first-order valence-corrected chi connectivity index (χ1v) is 6.24. The molecule has 0 atom stereocenters. The number of ether oxygens (including phenoxy) is 1. The lowest BCUT2D eigenvalue weighted by molar-refractivity contribution is 0.318. The van der Waals surface area contributed by atoms with Gasteiger partial charge in [0.15, 0.2) is 11.5 Å². The second-order valence-electron chi connectivity index (χ2n) is 4.27. The van der Waals surface area contributed by atoms with Gasteiger partial charge < -0.3 is 15.7 Å². The highest BCUT2D eigenvalue weighted by Gasteiger charge is 2.13. The first kappa shape index (κ1) is 12.9. The molecule has 0 bridgehead atoms. The molecular weight excluding hydrogens is 268 g/mol. The zero-order valence-corrected chi connectivity index (χ0v) is 11.0. The van der Waals surface area contributed by atoms with E-state index in [4.69, 9.17) is 15.7 Å². The molecule has 0 aliphatic heterocycles. The van der Waals surface area contributed by atoms with E-state index in [9.17, 15) is 0 Å². The van der Waals surface area contributed by atoms with Gasteiger partial charge in [-0.3, -0.25) is 0 Å². The largest absolute Gasteiger partial charge is 0.436 e. The fraction of sp³-hybridized carbons (Fsp3) is 0. The fourth-order valence-electron chi connectivity index (χ4n) is 2.01. The predicted molar refractivity (Wildman–Crippen MR) is 78.6 cm³/mol. The maximum absolute atomic E-state index is 8.79. The monoisotopic (exact) mass is 280 g/mol. The Morgan fingerprint density at radius 2 is 1.81 bits per heavy atom. The van der Waals surface area contributed by atoms with Crippen LogP contribution in [0, 0.1) is 0 Å². The highest BCUT2D eigenvalue weighted by atomic mass is 16.5. The average Bonchev–Trinajstić information content (AvgIpc) is 2.55. The second kappa shape index (κ2) is 5.46. The highest BCUT2D eigenvalue weighted by molar-refractivity contribution is 5.97. The first-order chi connectivity index (χ1) is 10.3. The van der Waals surface area contributed by atoms with Crippen molar-refractivity contribution in [3.8, 4) is 11.6 Å². The Morgan fingerprint density at radius 1 is 1.05 bits per heavy atom. The van der Waals surface area contributed by atoms with E-state index in [0.29, 0.717) is 5.75 Å². The third-order valence-corrected chi connectivity index (χ3v) is 2.97. The van der Waals surface area contributed by atoms with Gasteiger partial charge >= 0.3 is 0 Å². The van der Waals surface area contributed by atoms with E-state index in [1.807, 2.05) is 42.5 Å². The number of benzene rings is 2. The summed E-state index contributed by atoms with van der Waals surface area (Å²) in [6, 6.07) is 13.5. The van der Waals surface area contributed by atoms with Gasteiger partial charge in [-0.05, 0) is 11.5 Å². The Hall–Kier alpha value is -3.15. The molecule has 6 heteroatoms. The van der Waals surface area contributed by atoms with E-state index < -0.39 is 0 Å². The van der Waals surface area contributed by atoms with Crippen LogP contribution < -0.4 is 10.5 Å². The van der Waals surface area contributed by atoms with Crippen LogP contribution in [0.15, 0.2) is 60.0 Å². The number of aromatic nitrogens is 2. The van der Waals surface area contributed by atoms with Gasteiger partial charge in [-0.15, -0.1) is 0 Å². The molecule has 0 aliphatic carbocycles. The molecule has 6 nitrogen and oxygen atoms in total. The Kier molecular flexibility index (Phi) is 3.34. The molecule has 1 heterocycles. The number of hydrogen-bond donors (Lipinski definition) is 2. The van der Waals surface area contributed by atoms with Crippen molar-refractivity contribution in [2.45, 2.75) is 0 Å². The Labute approximate surface area is 120 Å². The summed E-state index contributed by atoms with van der Waals surface area (Å²) >= 11 is 0. The lowest BCUT2D eigenvalue weighted by Gasteiger charge is -2.10. The molecule has 3 N–H and O–H groups in total. The molecule has 0 aliphatic rings. The number of fused-ring (bicyclic) bond motifs is 1. The summed E-state index contributed by atoms with van der Waals surface area (Å²) < 4.78 is 5.80. The zero-order chi connectivity index (χ0) is 14.7. The molecule has 0 unspecified atom stereocenters. The minimum atomic E-state index is -0.154. The fourth-order valence-corrected chi connectivity index (χ4v) is 2.01. The Bertz CT molecular complexity index is 812. The lowest BCUT2D eigenvalue weighted by Crippen LogP contribution is -2.16. The molecule has 0 spiro atoms. The maximum Gasteiger partial charge on any atom is 0.249 e. The molecule has 2 aromatic carbocycles. The van der Waals surface area contributed by atoms with Gasteiger partial charge in [-0.25, -0.2) is 9.97 Å². The third kappa shape index (κ3) is 2.46. The smallest absolute Gasteiger partial charge is 0.249 e. The van der Waals surface area contributed by atoms with E-state index in [2.05, 4.69) is 15.1 Å². The van der Waals surface area contributed by atoms with Crippen molar-refractivity contribution in [1.29, 1.82) is 0 Å². The van der Waals surface area contributed by atoms with Crippen LogP contribution in [0.4, 0.5) is 0 Å². The van der Waals surface area contributed by atoms with Gasteiger partial charge in [0.1, 0.15) is 5.75 Å². The number of amidine groups is 1. The van der Waals surface area contributed by atoms with Crippen molar-refractivity contribution >= 4 is 16.6 Å². The summed E-state index contributed by atoms with van der Waals surface area (Å²) in [6.45, 7) is 0. The van der Waals surface area contributed by atoms with E-state index in [1.165, 1.54) is 12.4 Å². The quantitative estimate of drug-likeness (QED) is 0.333. The van der Waals surface area contributed by atoms with Gasteiger partial charge in [-0.2, -0.15) is 0 Å². The normalized spacial score (nSPS) is 11.5. The summed E-state index contributed by atoms with van der Waals surface area (Å²) in [5, 5.41) is 13.7.